The van der Waals surface area contributed by atoms with Crippen molar-refractivity contribution < 1.29 is 0 Å². The Morgan fingerprint density at radius 3 is 1.88 bits per heavy atom. The molecule has 2 heteroatoms. The zero-order valence-corrected chi connectivity index (χ0v) is 23.2. The quantitative estimate of drug-likeness (QED) is 0.242. The van der Waals surface area contributed by atoms with Gasteiger partial charge in [-0.25, -0.2) is 0 Å². The van der Waals surface area contributed by atoms with Gasteiger partial charge in [0.2, 0.25) is 0 Å². The molecule has 7 aromatic rings. The van der Waals surface area contributed by atoms with Gasteiger partial charge in [0.25, 0.3) is 0 Å². The minimum Gasteiger partial charge on any atom is -0.354 e. The van der Waals surface area contributed by atoms with E-state index in [9.17, 15) is 0 Å². The Hall–Kier alpha value is -5.08. The fourth-order valence-corrected chi connectivity index (χ4v) is 6.85. The Labute approximate surface area is 240 Å². The monoisotopic (exact) mass is 526 g/mol. The standard InChI is InChI=1S/C39H30N2/c1-39(2)34-24-23-28(41(26-13-5-3-6-14-26)27-15-7-4-8-16-27)25-33(34)37-30(18-12-21-35(37)39)32-20-11-19-31-29-17-9-10-22-36(29)40-38(31)32/h3-25,40H,1-2H3. The molecule has 8 rings (SSSR count). The van der Waals surface area contributed by atoms with Crippen LogP contribution in [0.15, 0.2) is 140 Å². The summed E-state index contributed by atoms with van der Waals surface area (Å²) in [4.78, 5) is 6.10. The van der Waals surface area contributed by atoms with E-state index in [0.717, 1.165) is 17.1 Å². The summed E-state index contributed by atoms with van der Waals surface area (Å²) in [6, 6.07) is 50.5. The highest BCUT2D eigenvalue weighted by molar-refractivity contribution is 6.13. The third kappa shape index (κ3) is 3.57. The van der Waals surface area contributed by atoms with Crippen molar-refractivity contribution in [3.05, 3.63) is 151 Å². The molecule has 6 aromatic carbocycles. The summed E-state index contributed by atoms with van der Waals surface area (Å²) in [7, 11) is 0. The molecule has 0 fully saturated rings. The maximum Gasteiger partial charge on any atom is 0.0544 e. The van der Waals surface area contributed by atoms with Crippen LogP contribution in [0.5, 0.6) is 0 Å². The largest absolute Gasteiger partial charge is 0.354 e. The van der Waals surface area contributed by atoms with Gasteiger partial charge in [0, 0.05) is 44.3 Å². The Kier molecular flexibility index (Phi) is 5.20. The number of rotatable bonds is 4. The molecule has 0 unspecified atom stereocenters. The molecule has 0 saturated heterocycles. The summed E-state index contributed by atoms with van der Waals surface area (Å²) in [5.41, 5.74) is 13.6. The van der Waals surface area contributed by atoms with Gasteiger partial charge in [0.05, 0.1) is 5.52 Å². The number of aromatic nitrogens is 1. The van der Waals surface area contributed by atoms with Crippen LogP contribution < -0.4 is 4.90 Å². The highest BCUT2D eigenvalue weighted by atomic mass is 15.1. The summed E-state index contributed by atoms with van der Waals surface area (Å²) in [5.74, 6) is 0. The van der Waals surface area contributed by atoms with Crippen LogP contribution in [0.2, 0.25) is 0 Å². The molecule has 0 spiro atoms. The first-order valence-electron chi connectivity index (χ1n) is 14.3. The van der Waals surface area contributed by atoms with Crippen LogP contribution in [-0.2, 0) is 5.41 Å². The first kappa shape index (κ1) is 23.8. The SMILES string of the molecule is CC1(C)c2ccc(N(c3ccccc3)c3ccccc3)cc2-c2c(-c3cccc4c3[nH]c3ccccc34)cccc21. The molecule has 1 aliphatic rings. The average Bonchev–Trinajstić information content (AvgIpc) is 3.51. The number of fused-ring (bicyclic) bond motifs is 6. The number of benzene rings is 6. The molecule has 0 radical (unpaired) electrons. The summed E-state index contributed by atoms with van der Waals surface area (Å²) >= 11 is 0. The average molecular weight is 527 g/mol. The number of nitrogens with zero attached hydrogens (tertiary/aromatic N) is 1. The second kappa shape index (κ2) is 8.97. The molecular formula is C39H30N2. The van der Waals surface area contributed by atoms with E-state index < -0.39 is 0 Å². The van der Waals surface area contributed by atoms with E-state index >= 15 is 0 Å². The molecule has 196 valence electrons. The van der Waals surface area contributed by atoms with Crippen molar-refractivity contribution in [1.82, 2.24) is 4.98 Å². The lowest BCUT2D eigenvalue weighted by atomic mass is 9.82. The van der Waals surface area contributed by atoms with Crippen molar-refractivity contribution in [1.29, 1.82) is 0 Å². The fraction of sp³-hybridized carbons (Fsp3) is 0.0769. The molecule has 1 heterocycles. The normalized spacial score (nSPS) is 13.3. The summed E-state index contributed by atoms with van der Waals surface area (Å²) in [5, 5.41) is 2.53. The number of hydrogen-bond donors (Lipinski definition) is 1. The van der Waals surface area contributed by atoms with Crippen molar-refractivity contribution >= 4 is 38.9 Å². The summed E-state index contributed by atoms with van der Waals surface area (Å²) in [6.45, 7) is 4.72. The van der Waals surface area contributed by atoms with E-state index in [2.05, 4.69) is 163 Å². The molecule has 1 aromatic heterocycles. The van der Waals surface area contributed by atoms with Crippen LogP contribution in [0.4, 0.5) is 17.1 Å². The number of anilines is 3. The van der Waals surface area contributed by atoms with Crippen molar-refractivity contribution in [2.45, 2.75) is 19.3 Å². The maximum absolute atomic E-state index is 3.75. The molecule has 0 bridgehead atoms. The Morgan fingerprint density at radius 1 is 0.488 bits per heavy atom. The van der Waals surface area contributed by atoms with Crippen molar-refractivity contribution in [3.63, 3.8) is 0 Å². The number of aromatic amines is 1. The lowest BCUT2D eigenvalue weighted by Gasteiger charge is -2.27. The topological polar surface area (TPSA) is 19.0 Å². The minimum absolute atomic E-state index is 0.0993. The van der Waals surface area contributed by atoms with Crippen LogP contribution in [0.1, 0.15) is 25.0 Å². The van der Waals surface area contributed by atoms with Crippen molar-refractivity contribution in [2.75, 3.05) is 4.90 Å². The molecule has 0 aliphatic heterocycles. The van der Waals surface area contributed by atoms with Gasteiger partial charge < -0.3 is 9.88 Å². The van der Waals surface area contributed by atoms with E-state index in [1.54, 1.807) is 0 Å². The first-order valence-corrected chi connectivity index (χ1v) is 14.3. The van der Waals surface area contributed by atoms with E-state index in [-0.39, 0.29) is 5.41 Å². The third-order valence-electron chi connectivity index (χ3n) is 8.80. The van der Waals surface area contributed by atoms with E-state index in [1.807, 2.05) is 0 Å². The molecule has 41 heavy (non-hydrogen) atoms. The predicted octanol–water partition coefficient (Wildman–Crippen LogP) is 10.8. The smallest absolute Gasteiger partial charge is 0.0544 e. The molecule has 0 atom stereocenters. The second-order valence-electron chi connectivity index (χ2n) is 11.5. The van der Waals surface area contributed by atoms with Crippen LogP contribution in [-0.4, -0.2) is 4.98 Å². The Bertz CT molecular complexity index is 2030. The Morgan fingerprint density at radius 2 is 1.12 bits per heavy atom. The van der Waals surface area contributed by atoms with Gasteiger partial charge in [-0.1, -0.05) is 111 Å². The number of para-hydroxylation sites is 4. The zero-order chi connectivity index (χ0) is 27.6. The maximum atomic E-state index is 3.75. The van der Waals surface area contributed by atoms with Gasteiger partial charge in [-0.05, 0) is 70.3 Å². The van der Waals surface area contributed by atoms with Crippen molar-refractivity contribution in [3.8, 4) is 22.3 Å². The highest BCUT2D eigenvalue weighted by Crippen LogP contribution is 2.54. The van der Waals surface area contributed by atoms with Gasteiger partial charge in [-0.2, -0.15) is 0 Å². The minimum atomic E-state index is -0.0993. The molecular weight excluding hydrogens is 496 g/mol. The van der Waals surface area contributed by atoms with Crippen LogP contribution in [0.25, 0.3) is 44.1 Å². The van der Waals surface area contributed by atoms with Crippen LogP contribution in [0.3, 0.4) is 0 Å². The lowest BCUT2D eigenvalue weighted by Crippen LogP contribution is -2.15. The van der Waals surface area contributed by atoms with Gasteiger partial charge >= 0.3 is 0 Å². The van der Waals surface area contributed by atoms with E-state index in [0.29, 0.717) is 0 Å². The number of hydrogen-bond acceptors (Lipinski definition) is 1. The number of H-pyrrole nitrogens is 1. The zero-order valence-electron chi connectivity index (χ0n) is 23.2. The van der Waals surface area contributed by atoms with Crippen LogP contribution >= 0.6 is 0 Å². The molecule has 1 N–H and O–H groups in total. The van der Waals surface area contributed by atoms with Gasteiger partial charge in [-0.15, -0.1) is 0 Å². The van der Waals surface area contributed by atoms with Crippen molar-refractivity contribution in [2.24, 2.45) is 0 Å². The van der Waals surface area contributed by atoms with Gasteiger partial charge in [0.1, 0.15) is 0 Å². The first-order chi connectivity index (χ1) is 20.1. The molecule has 2 nitrogen and oxygen atoms in total. The second-order valence-corrected chi connectivity index (χ2v) is 11.5. The molecule has 1 aliphatic carbocycles. The molecule has 0 saturated carbocycles. The van der Waals surface area contributed by atoms with Gasteiger partial charge in [0.15, 0.2) is 0 Å². The summed E-state index contributed by atoms with van der Waals surface area (Å²) < 4.78 is 0. The van der Waals surface area contributed by atoms with Gasteiger partial charge in [-0.3, -0.25) is 0 Å². The van der Waals surface area contributed by atoms with Crippen LogP contribution in [0, 0.1) is 0 Å². The summed E-state index contributed by atoms with van der Waals surface area (Å²) in [6.07, 6.45) is 0. The highest BCUT2D eigenvalue weighted by Gasteiger charge is 2.37. The number of nitrogens with one attached hydrogen (secondary N) is 1. The van der Waals surface area contributed by atoms with E-state index in [1.165, 1.54) is 55.2 Å². The lowest BCUT2D eigenvalue weighted by molar-refractivity contribution is 0.660. The molecule has 0 amide bonds. The third-order valence-corrected chi connectivity index (χ3v) is 8.80. The predicted molar refractivity (Wildman–Crippen MR) is 173 cm³/mol. The fourth-order valence-electron chi connectivity index (χ4n) is 6.85. The Balaban J connectivity index is 1.38. The van der Waals surface area contributed by atoms with E-state index in [4.69, 9.17) is 0 Å².